The van der Waals surface area contributed by atoms with Gasteiger partial charge in [-0.15, -0.1) is 0 Å². The topological polar surface area (TPSA) is 52.0 Å². The summed E-state index contributed by atoms with van der Waals surface area (Å²) in [5.74, 6) is 0. The van der Waals surface area contributed by atoms with Crippen LogP contribution in [-0.2, 0) is 0 Å². The van der Waals surface area contributed by atoms with Gasteiger partial charge < -0.3 is 11.5 Å². The van der Waals surface area contributed by atoms with Crippen LogP contribution in [0.5, 0.6) is 0 Å². The number of rotatable bonds is 2. The van der Waals surface area contributed by atoms with Gasteiger partial charge in [0.15, 0.2) is 0 Å². The maximum Gasteiger partial charge on any atom is 0.118 e. The highest BCUT2D eigenvalue weighted by Gasteiger charge is 1.54. The summed E-state index contributed by atoms with van der Waals surface area (Å²) in [7, 11) is 0. The third-order valence-corrected chi connectivity index (χ3v) is 0.144. The standard InChI is InChI=1S/C2H8N2/c3-1-2-4/h1-4H2/i/hT. The zero-order valence-electron chi connectivity index (χ0n) is 3.49. The van der Waals surface area contributed by atoms with Crippen LogP contribution in [0.3, 0.4) is 0 Å². The molecule has 0 aromatic heterocycles. The first-order chi connectivity index (χ1) is 2.41. The fourth-order valence-electron chi connectivity index (χ4n) is 0. The average Bonchev–Trinajstić information content (AvgIpc) is 1.41. The van der Waals surface area contributed by atoms with Crippen LogP contribution >= 0.6 is 0 Å². The van der Waals surface area contributed by atoms with Crippen molar-refractivity contribution in [3.8, 4) is 0 Å². The van der Waals surface area contributed by atoms with Crippen molar-refractivity contribution in [3.63, 3.8) is 0 Å². The summed E-state index contributed by atoms with van der Waals surface area (Å²) < 4.78 is 6.27. The van der Waals surface area contributed by atoms with Gasteiger partial charge in [0.1, 0.15) is 1.41 Å². The molecule has 0 rings (SSSR count). The SMILES string of the molecule is [3H]NCCN. The second-order valence-electron chi connectivity index (χ2n) is 0.539. The fourth-order valence-corrected chi connectivity index (χ4v) is 0. The van der Waals surface area contributed by atoms with Crippen LogP contribution < -0.4 is 11.5 Å². The highest BCUT2D eigenvalue weighted by atomic mass is 14.6. The van der Waals surface area contributed by atoms with E-state index in [4.69, 9.17) is 7.15 Å². The van der Waals surface area contributed by atoms with Crippen LogP contribution in [-0.4, -0.2) is 13.1 Å². The molecule has 0 fully saturated rings. The molecule has 2 heteroatoms. The second-order valence-corrected chi connectivity index (χ2v) is 0.539. The summed E-state index contributed by atoms with van der Waals surface area (Å²) in [6, 6.07) is 0. The van der Waals surface area contributed by atoms with Gasteiger partial charge in [0.2, 0.25) is 0 Å². The molecule has 0 heterocycles. The molecule has 0 aromatic rings. The molecule has 0 aliphatic carbocycles. The Hall–Kier alpha value is -0.0800. The van der Waals surface area contributed by atoms with Crippen molar-refractivity contribution in [2.24, 2.45) is 11.5 Å². The molecule has 0 aromatic carbocycles. The average molecular weight is 62.1 g/mol. The largest absolute Gasteiger partial charge is 0.329 e. The highest BCUT2D eigenvalue weighted by molar-refractivity contribution is 4.26. The molecule has 0 bridgehead atoms. The Morgan fingerprint density at radius 2 is 2.50 bits per heavy atom. The molecule has 0 atom stereocenters. The number of nitrogens with two attached hydrogens (primary N) is 2. The predicted molar refractivity (Wildman–Crippen MR) is 18.1 cm³/mol. The first-order valence-corrected chi connectivity index (χ1v) is 1.26. The Morgan fingerprint density at radius 1 is 1.75 bits per heavy atom. The normalized spacial score (nSPS) is 10.8. The van der Waals surface area contributed by atoms with Crippen LogP contribution in [0.1, 0.15) is 0 Å². The second kappa shape index (κ2) is 2.92. The molecule has 0 saturated carbocycles. The van der Waals surface area contributed by atoms with Crippen LogP contribution in [0.2, 0.25) is 1.41 Å². The Kier molecular flexibility index (Phi) is 1.59. The monoisotopic (exact) mass is 62.1 g/mol. The lowest BCUT2D eigenvalue weighted by molar-refractivity contribution is 0.976. The van der Waals surface area contributed by atoms with Crippen molar-refractivity contribution in [1.29, 1.82) is 0 Å². The number of hydrogen-bond donors (Lipinski definition) is 2. The molecule has 0 aliphatic heterocycles. The molecule has 0 radical (unpaired) electrons. The first-order valence-electron chi connectivity index (χ1n) is 1.76. The zero-order chi connectivity index (χ0) is 4.12. The molecule has 0 aliphatic rings. The van der Waals surface area contributed by atoms with E-state index in [0.717, 1.165) is 0 Å². The Balaban J connectivity index is 2.19. The summed E-state index contributed by atoms with van der Waals surface area (Å²) in [5, 5.41) is 0. The molecule has 0 amide bonds. The molecule has 0 saturated heterocycles. The highest BCUT2D eigenvalue weighted by Crippen LogP contribution is 1.24. The Morgan fingerprint density at radius 3 is 2.50 bits per heavy atom. The van der Waals surface area contributed by atoms with Crippen LogP contribution in [0.15, 0.2) is 0 Å². The molecule has 4 N–H and O–H groups in total. The van der Waals surface area contributed by atoms with Crippen LogP contribution in [0, 0.1) is 0 Å². The minimum Gasteiger partial charge on any atom is -0.329 e. The minimum absolute atomic E-state index is 0.545. The summed E-state index contributed by atoms with van der Waals surface area (Å²) in [5.41, 5.74) is 7.10. The van der Waals surface area contributed by atoms with Gasteiger partial charge in [-0.25, -0.2) is 0 Å². The predicted octanol–water partition coefficient (Wildman–Crippen LogP) is -1.10. The van der Waals surface area contributed by atoms with E-state index >= 15 is 0 Å². The number of hydrogen-bond acceptors (Lipinski definition) is 2. The Bertz CT molecular complexity index is 15.1. The lowest BCUT2D eigenvalue weighted by Gasteiger charge is -1.72. The van der Waals surface area contributed by atoms with E-state index in [0.29, 0.717) is 13.1 Å². The van der Waals surface area contributed by atoms with Crippen molar-refractivity contribution < 1.29 is 1.41 Å². The molecule has 2 nitrogen and oxygen atoms in total. The maximum absolute atomic E-state index is 6.27. The van der Waals surface area contributed by atoms with E-state index in [2.05, 4.69) is 5.73 Å². The van der Waals surface area contributed by atoms with Gasteiger partial charge in [-0.1, -0.05) is 0 Å². The van der Waals surface area contributed by atoms with Gasteiger partial charge in [-0.2, -0.15) is 0 Å². The van der Waals surface area contributed by atoms with Crippen LogP contribution in [0.4, 0.5) is 0 Å². The first kappa shape index (κ1) is 2.18. The van der Waals surface area contributed by atoms with Crippen molar-refractivity contribution >= 4 is 0 Å². The van der Waals surface area contributed by atoms with Crippen molar-refractivity contribution in [1.82, 2.24) is 0 Å². The minimum atomic E-state index is 0.545. The van der Waals surface area contributed by atoms with Gasteiger partial charge in [-0.05, 0) is 0 Å². The van der Waals surface area contributed by atoms with Crippen molar-refractivity contribution in [3.05, 3.63) is 0 Å². The van der Waals surface area contributed by atoms with Gasteiger partial charge in [0.25, 0.3) is 0 Å². The molecule has 4 heavy (non-hydrogen) atoms. The quantitative estimate of drug-likeness (QED) is 0.427. The summed E-state index contributed by atoms with van der Waals surface area (Å²) in [6.07, 6.45) is 0. The van der Waals surface area contributed by atoms with E-state index in [1.165, 1.54) is 0 Å². The molecule has 26 valence electrons. The van der Waals surface area contributed by atoms with E-state index in [-0.39, 0.29) is 0 Å². The Labute approximate surface area is 27.2 Å². The lowest BCUT2D eigenvalue weighted by Crippen LogP contribution is -2.11. The van der Waals surface area contributed by atoms with E-state index in [1.807, 2.05) is 0 Å². The van der Waals surface area contributed by atoms with Gasteiger partial charge >= 0.3 is 0 Å². The van der Waals surface area contributed by atoms with E-state index in [9.17, 15) is 0 Å². The van der Waals surface area contributed by atoms with E-state index in [1.54, 1.807) is 0 Å². The lowest BCUT2D eigenvalue weighted by atomic mass is 10.7. The summed E-state index contributed by atoms with van der Waals surface area (Å²) in [4.78, 5) is 0. The molecule has 0 spiro atoms. The molecular weight excluding hydrogens is 52.0 g/mol. The summed E-state index contributed by atoms with van der Waals surface area (Å²) in [6.45, 7) is 1.13. The third-order valence-electron chi connectivity index (χ3n) is 0.144. The van der Waals surface area contributed by atoms with Gasteiger partial charge in [-0.3, -0.25) is 0 Å². The fraction of sp³-hybridized carbons (Fsp3) is 1.00. The smallest absolute Gasteiger partial charge is 0.118 e. The molecule has 0 unspecified atom stereocenters. The van der Waals surface area contributed by atoms with Gasteiger partial charge in [0, 0.05) is 13.1 Å². The van der Waals surface area contributed by atoms with Crippen molar-refractivity contribution in [2.45, 2.75) is 0 Å². The maximum atomic E-state index is 6.27. The molecular formula is C2H8N2. The third kappa shape index (κ3) is 1.92. The zero-order valence-corrected chi connectivity index (χ0v) is 2.49. The van der Waals surface area contributed by atoms with E-state index < -0.39 is 0 Å². The van der Waals surface area contributed by atoms with Crippen molar-refractivity contribution in [2.75, 3.05) is 13.1 Å². The van der Waals surface area contributed by atoms with Gasteiger partial charge in [0.05, 0.1) is 0 Å². The summed E-state index contributed by atoms with van der Waals surface area (Å²) >= 11 is 0. The van der Waals surface area contributed by atoms with Crippen LogP contribution in [0.25, 0.3) is 0 Å².